The highest BCUT2D eigenvalue weighted by Gasteiger charge is 2.51. The Hall–Kier alpha value is -2.19. The number of nitrogens with one attached hydrogen (secondary N) is 1. The van der Waals surface area contributed by atoms with Crippen molar-refractivity contribution in [2.24, 2.45) is 5.92 Å². The molecule has 2 aromatic heterocycles. The van der Waals surface area contributed by atoms with Crippen molar-refractivity contribution in [3.05, 3.63) is 34.7 Å². The van der Waals surface area contributed by atoms with Crippen LogP contribution in [0.4, 0.5) is 5.82 Å². The first-order valence-electron chi connectivity index (χ1n) is 11.9. The van der Waals surface area contributed by atoms with Gasteiger partial charge in [-0.2, -0.15) is 0 Å². The van der Waals surface area contributed by atoms with E-state index in [2.05, 4.69) is 21.9 Å². The molecule has 1 amide bonds. The van der Waals surface area contributed by atoms with Crippen LogP contribution in [0.5, 0.6) is 0 Å². The van der Waals surface area contributed by atoms with E-state index in [4.69, 9.17) is 9.26 Å². The number of anilines is 1. The predicted octanol–water partition coefficient (Wildman–Crippen LogP) is 4.12. The van der Waals surface area contributed by atoms with Crippen LogP contribution in [0.2, 0.25) is 0 Å². The molecule has 0 spiro atoms. The maximum atomic E-state index is 13.7. The molecule has 2 aromatic rings. The summed E-state index contributed by atoms with van der Waals surface area (Å²) < 4.78 is 11.8. The number of hydrogen-bond acceptors (Lipinski definition) is 6. The molecule has 8 heteroatoms. The van der Waals surface area contributed by atoms with Crippen LogP contribution < -0.4 is 5.32 Å². The Kier molecular flexibility index (Phi) is 6.07. The average Bonchev–Trinajstić information content (AvgIpc) is 3.45. The van der Waals surface area contributed by atoms with Gasteiger partial charge in [-0.15, -0.1) is 11.3 Å². The molecule has 1 atom stereocenters. The van der Waals surface area contributed by atoms with Crippen LogP contribution >= 0.6 is 11.3 Å². The average molecular weight is 459 g/mol. The minimum atomic E-state index is -0.494. The number of carbonyl (C=O) groups excluding carboxylic acids is 2. The van der Waals surface area contributed by atoms with Crippen molar-refractivity contribution < 1.29 is 23.3 Å². The first-order chi connectivity index (χ1) is 15.6. The molecule has 3 saturated heterocycles. The molecule has 2 bridgehead atoms. The van der Waals surface area contributed by atoms with Crippen LogP contribution in [0.1, 0.15) is 56.2 Å². The molecule has 1 saturated carbocycles. The quantitative estimate of drug-likeness (QED) is 0.400. The smallest absolute Gasteiger partial charge is 0.317 e. The number of carbonyl (C=O) groups is 2. The summed E-state index contributed by atoms with van der Waals surface area (Å²) in [7, 11) is 0. The van der Waals surface area contributed by atoms with Crippen molar-refractivity contribution in [2.45, 2.75) is 62.9 Å². The van der Waals surface area contributed by atoms with Crippen molar-refractivity contribution in [3.63, 3.8) is 0 Å². The number of piperidine rings is 3. The molecule has 6 rings (SSSR count). The lowest BCUT2D eigenvalue weighted by Crippen LogP contribution is -2.66. The standard InChI is InChI=1S/C24H31N3O4S/c28-22(25-21-9-14-30-26-21)17-27-12-7-18(8-13-27)19(16-27)31-23(29)24(20-6-5-15-32-20)10-3-1-2-4-11-24/h5-6,9,14-15,18-19H,1-4,7-8,10-13,16-17H2/p+1/t18?,19-,27?/m0/s1. The minimum Gasteiger partial charge on any atom is -0.455 e. The monoisotopic (exact) mass is 458 g/mol. The van der Waals surface area contributed by atoms with E-state index in [0.29, 0.717) is 22.8 Å². The van der Waals surface area contributed by atoms with Gasteiger partial charge in [0.15, 0.2) is 18.5 Å². The van der Waals surface area contributed by atoms with Crippen molar-refractivity contribution in [1.82, 2.24) is 5.16 Å². The Morgan fingerprint density at radius 3 is 2.62 bits per heavy atom. The fourth-order valence-electron chi connectivity index (χ4n) is 6.03. The van der Waals surface area contributed by atoms with Crippen molar-refractivity contribution in [3.8, 4) is 0 Å². The summed E-state index contributed by atoms with van der Waals surface area (Å²) in [5.74, 6) is 0.743. The first kappa shape index (κ1) is 21.6. The number of rotatable bonds is 6. The van der Waals surface area contributed by atoms with E-state index in [1.54, 1.807) is 17.4 Å². The third-order valence-electron chi connectivity index (χ3n) is 7.82. The zero-order valence-corrected chi connectivity index (χ0v) is 19.3. The SMILES string of the molecule is O=C(C[N+]12CCC(CC1)[C@@H](OC(=O)C1(c3cccs3)CCCCCC1)C2)Nc1ccon1. The molecule has 3 aliphatic heterocycles. The highest BCUT2D eigenvalue weighted by Crippen LogP contribution is 2.43. The lowest BCUT2D eigenvalue weighted by Gasteiger charge is -2.51. The number of thiophene rings is 1. The van der Waals surface area contributed by atoms with Crippen LogP contribution in [0.3, 0.4) is 0 Å². The van der Waals surface area contributed by atoms with Crippen LogP contribution in [-0.2, 0) is 19.7 Å². The molecular formula is C24H32N3O4S+. The largest absolute Gasteiger partial charge is 0.455 e. The van der Waals surface area contributed by atoms with Crippen LogP contribution in [-0.4, -0.2) is 53.8 Å². The van der Waals surface area contributed by atoms with Crippen LogP contribution in [0.25, 0.3) is 0 Å². The Morgan fingerprint density at radius 2 is 1.97 bits per heavy atom. The van der Waals surface area contributed by atoms with E-state index in [1.165, 1.54) is 19.1 Å². The van der Waals surface area contributed by atoms with Gasteiger partial charge in [0.2, 0.25) is 0 Å². The van der Waals surface area contributed by atoms with Crippen LogP contribution in [0, 0.1) is 5.92 Å². The summed E-state index contributed by atoms with van der Waals surface area (Å²) in [6.07, 6.45) is 9.62. The van der Waals surface area contributed by atoms with Gasteiger partial charge in [0.25, 0.3) is 5.91 Å². The third kappa shape index (κ3) is 4.22. The van der Waals surface area contributed by atoms with Gasteiger partial charge in [-0.05, 0) is 24.3 Å². The highest BCUT2D eigenvalue weighted by molar-refractivity contribution is 7.10. The van der Waals surface area contributed by atoms with E-state index in [1.807, 2.05) is 6.07 Å². The van der Waals surface area contributed by atoms with E-state index in [9.17, 15) is 9.59 Å². The summed E-state index contributed by atoms with van der Waals surface area (Å²) >= 11 is 1.68. The van der Waals surface area contributed by atoms with Crippen molar-refractivity contribution in [2.75, 3.05) is 31.5 Å². The maximum absolute atomic E-state index is 13.7. The second kappa shape index (κ2) is 8.98. The second-order valence-corrected chi connectivity index (χ2v) is 10.8. The van der Waals surface area contributed by atoms with Gasteiger partial charge in [-0.3, -0.25) is 9.59 Å². The number of hydrogen-bond donors (Lipinski definition) is 1. The van der Waals surface area contributed by atoms with E-state index < -0.39 is 5.41 Å². The summed E-state index contributed by atoms with van der Waals surface area (Å²) in [6.45, 7) is 3.02. The van der Waals surface area contributed by atoms with Crippen molar-refractivity contribution in [1.29, 1.82) is 0 Å². The zero-order chi connectivity index (χ0) is 22.0. The zero-order valence-electron chi connectivity index (χ0n) is 18.5. The predicted molar refractivity (Wildman–Crippen MR) is 121 cm³/mol. The molecule has 1 aliphatic carbocycles. The number of quaternary nitrogens is 1. The molecule has 0 unspecified atom stereocenters. The molecular weight excluding hydrogens is 426 g/mol. The van der Waals surface area contributed by atoms with Gasteiger partial charge in [0.1, 0.15) is 18.2 Å². The van der Waals surface area contributed by atoms with Gasteiger partial charge in [0, 0.05) is 29.7 Å². The Balaban J connectivity index is 1.29. The van der Waals surface area contributed by atoms with E-state index >= 15 is 0 Å². The summed E-state index contributed by atoms with van der Waals surface area (Å²) in [5.41, 5.74) is -0.494. The Bertz CT molecular complexity index is 911. The molecule has 7 nitrogen and oxygen atoms in total. The Morgan fingerprint density at radius 1 is 1.19 bits per heavy atom. The summed E-state index contributed by atoms with van der Waals surface area (Å²) in [5, 5.41) is 8.66. The molecule has 172 valence electrons. The molecule has 4 fully saturated rings. The van der Waals surface area contributed by atoms with Gasteiger partial charge in [-0.25, -0.2) is 0 Å². The number of aromatic nitrogens is 1. The highest BCUT2D eigenvalue weighted by atomic mass is 32.1. The number of amides is 1. The summed E-state index contributed by atoms with van der Waals surface area (Å²) in [4.78, 5) is 27.6. The fourth-order valence-corrected chi connectivity index (χ4v) is 7.00. The first-order valence-corrected chi connectivity index (χ1v) is 12.8. The van der Waals surface area contributed by atoms with Gasteiger partial charge in [-0.1, -0.05) is 36.9 Å². The molecule has 0 aromatic carbocycles. The molecule has 32 heavy (non-hydrogen) atoms. The van der Waals surface area contributed by atoms with Gasteiger partial charge in [0.05, 0.1) is 13.1 Å². The molecule has 1 N–H and O–H groups in total. The van der Waals surface area contributed by atoms with Gasteiger partial charge < -0.3 is 19.1 Å². The fraction of sp³-hybridized carbons (Fsp3) is 0.625. The number of fused-ring (bicyclic) bond motifs is 3. The molecule has 4 aliphatic rings. The van der Waals surface area contributed by atoms with Crippen molar-refractivity contribution >= 4 is 29.0 Å². The molecule has 0 radical (unpaired) electrons. The minimum absolute atomic E-state index is 0.0363. The normalized spacial score (nSPS) is 29.2. The number of ether oxygens (including phenoxy) is 1. The van der Waals surface area contributed by atoms with E-state index in [0.717, 1.165) is 63.0 Å². The van der Waals surface area contributed by atoms with E-state index in [-0.39, 0.29) is 18.0 Å². The van der Waals surface area contributed by atoms with Crippen LogP contribution in [0.15, 0.2) is 34.4 Å². The third-order valence-corrected chi connectivity index (χ3v) is 8.90. The maximum Gasteiger partial charge on any atom is 0.317 e. The lowest BCUT2D eigenvalue weighted by atomic mass is 9.78. The summed E-state index contributed by atoms with van der Waals surface area (Å²) in [6, 6.07) is 5.79. The second-order valence-electron chi connectivity index (χ2n) is 9.82. The number of esters is 1. The number of nitrogens with zero attached hydrogens (tertiary/aromatic N) is 2. The van der Waals surface area contributed by atoms with Gasteiger partial charge >= 0.3 is 5.97 Å². The molecule has 5 heterocycles. The topological polar surface area (TPSA) is 81.4 Å². The Labute approximate surface area is 192 Å². The lowest BCUT2D eigenvalue weighted by molar-refractivity contribution is -0.939.